The monoisotopic (exact) mass is 274 g/mol. The van der Waals surface area contributed by atoms with E-state index in [4.69, 9.17) is 5.11 Å². The van der Waals surface area contributed by atoms with E-state index in [-0.39, 0.29) is 11.4 Å². The Bertz CT molecular complexity index is 427. The number of hydrogen-bond donors (Lipinski definition) is 3. The summed E-state index contributed by atoms with van der Waals surface area (Å²) in [6.45, 7) is 0. The van der Waals surface area contributed by atoms with Gasteiger partial charge in [-0.15, -0.1) is 0 Å². The Morgan fingerprint density at radius 2 is 2.24 bits per heavy atom. The SMILES string of the molecule is O=C(O)[C@@H](CS)NSc1ccccc1[N+](=O)[O-]. The Kier molecular flexibility index (Phi) is 5.26. The second-order valence-corrected chi connectivity index (χ2v) is 4.26. The average Bonchev–Trinajstić information content (AvgIpc) is 2.29. The topological polar surface area (TPSA) is 92.5 Å². The molecule has 8 heteroatoms. The molecule has 0 heterocycles. The molecular formula is C9H10N2O4S2. The summed E-state index contributed by atoms with van der Waals surface area (Å²) in [6.07, 6.45) is 0. The fraction of sp³-hybridized carbons (Fsp3) is 0.222. The second-order valence-electron chi connectivity index (χ2n) is 3.02. The smallest absolute Gasteiger partial charge is 0.322 e. The van der Waals surface area contributed by atoms with Crippen LogP contribution in [0.15, 0.2) is 29.2 Å². The third-order valence-electron chi connectivity index (χ3n) is 1.85. The molecule has 0 amide bonds. The summed E-state index contributed by atoms with van der Waals surface area (Å²) in [7, 11) is 0. The van der Waals surface area contributed by atoms with Gasteiger partial charge < -0.3 is 5.11 Å². The van der Waals surface area contributed by atoms with E-state index in [1.807, 2.05) is 0 Å². The summed E-state index contributed by atoms with van der Waals surface area (Å²) in [5.41, 5.74) is -0.0618. The summed E-state index contributed by atoms with van der Waals surface area (Å²) >= 11 is 4.79. The van der Waals surface area contributed by atoms with Crippen molar-refractivity contribution in [3.63, 3.8) is 0 Å². The van der Waals surface area contributed by atoms with E-state index < -0.39 is 16.9 Å². The number of nitro benzene ring substituents is 1. The minimum absolute atomic E-state index is 0.0618. The second kappa shape index (κ2) is 6.48. The summed E-state index contributed by atoms with van der Waals surface area (Å²) < 4.78 is 2.62. The van der Waals surface area contributed by atoms with Gasteiger partial charge in [-0.25, -0.2) is 4.72 Å². The van der Waals surface area contributed by atoms with Gasteiger partial charge in [-0.2, -0.15) is 12.6 Å². The molecule has 0 aromatic heterocycles. The number of nitro groups is 1. The van der Waals surface area contributed by atoms with Crippen LogP contribution in [-0.2, 0) is 4.79 Å². The third kappa shape index (κ3) is 3.91. The molecule has 1 aromatic rings. The highest BCUT2D eigenvalue weighted by molar-refractivity contribution is 7.97. The van der Waals surface area contributed by atoms with Gasteiger partial charge in [-0.3, -0.25) is 14.9 Å². The molecule has 0 aliphatic carbocycles. The lowest BCUT2D eigenvalue weighted by molar-refractivity contribution is -0.387. The number of nitrogens with zero attached hydrogens (tertiary/aromatic N) is 1. The molecule has 6 nitrogen and oxygen atoms in total. The van der Waals surface area contributed by atoms with Gasteiger partial charge in [0.25, 0.3) is 5.69 Å². The highest BCUT2D eigenvalue weighted by Crippen LogP contribution is 2.26. The zero-order chi connectivity index (χ0) is 12.8. The van der Waals surface area contributed by atoms with Crippen LogP contribution in [0, 0.1) is 10.1 Å². The van der Waals surface area contributed by atoms with Gasteiger partial charge in [0.05, 0.1) is 4.92 Å². The molecule has 0 saturated carbocycles. The first-order valence-electron chi connectivity index (χ1n) is 4.55. The third-order valence-corrected chi connectivity index (χ3v) is 3.19. The number of rotatable bonds is 6. The van der Waals surface area contributed by atoms with E-state index in [0.717, 1.165) is 11.9 Å². The van der Waals surface area contributed by atoms with Crippen LogP contribution in [0.5, 0.6) is 0 Å². The Morgan fingerprint density at radius 1 is 1.59 bits per heavy atom. The van der Waals surface area contributed by atoms with Crippen LogP contribution in [0.4, 0.5) is 5.69 Å². The van der Waals surface area contributed by atoms with Gasteiger partial charge in [0, 0.05) is 11.8 Å². The molecule has 0 aliphatic heterocycles. The maximum Gasteiger partial charge on any atom is 0.322 e. The lowest BCUT2D eigenvalue weighted by atomic mass is 10.3. The number of hydrogen-bond acceptors (Lipinski definition) is 6. The van der Waals surface area contributed by atoms with Crippen molar-refractivity contribution in [2.24, 2.45) is 0 Å². The van der Waals surface area contributed by atoms with Gasteiger partial charge in [0.2, 0.25) is 0 Å². The molecule has 0 spiro atoms. The van der Waals surface area contributed by atoms with Crippen LogP contribution < -0.4 is 4.72 Å². The van der Waals surface area contributed by atoms with E-state index in [1.54, 1.807) is 18.2 Å². The van der Waals surface area contributed by atoms with Crippen LogP contribution >= 0.6 is 24.6 Å². The average molecular weight is 274 g/mol. The minimum Gasteiger partial charge on any atom is -0.480 e. The summed E-state index contributed by atoms with van der Waals surface area (Å²) in [5.74, 6) is -0.950. The molecule has 0 aliphatic rings. The maximum absolute atomic E-state index is 10.7. The van der Waals surface area contributed by atoms with Crippen molar-refractivity contribution in [2.75, 3.05) is 5.75 Å². The first-order valence-corrected chi connectivity index (χ1v) is 6.00. The zero-order valence-electron chi connectivity index (χ0n) is 8.57. The molecule has 0 unspecified atom stereocenters. The number of thiol groups is 1. The normalized spacial score (nSPS) is 12.1. The Hall–Kier alpha value is -1.25. The molecule has 0 radical (unpaired) electrons. The number of carbonyl (C=O) groups is 1. The van der Waals surface area contributed by atoms with Crippen molar-refractivity contribution in [1.29, 1.82) is 0 Å². The number of benzene rings is 1. The molecule has 1 aromatic carbocycles. The molecule has 0 bridgehead atoms. The van der Waals surface area contributed by atoms with E-state index in [9.17, 15) is 14.9 Å². The Balaban J connectivity index is 2.75. The molecule has 1 rings (SSSR count). The van der Waals surface area contributed by atoms with E-state index in [2.05, 4.69) is 17.4 Å². The van der Waals surface area contributed by atoms with E-state index >= 15 is 0 Å². The van der Waals surface area contributed by atoms with E-state index in [1.165, 1.54) is 6.07 Å². The predicted molar refractivity (Wildman–Crippen MR) is 67.4 cm³/mol. The first kappa shape index (κ1) is 13.8. The lowest BCUT2D eigenvalue weighted by Crippen LogP contribution is -2.33. The number of aliphatic carboxylic acids is 1. The number of nitrogens with one attached hydrogen (secondary N) is 1. The van der Waals surface area contributed by atoms with Crippen molar-refractivity contribution in [3.8, 4) is 0 Å². The van der Waals surface area contributed by atoms with Crippen LogP contribution in [0.3, 0.4) is 0 Å². The van der Waals surface area contributed by atoms with Gasteiger partial charge in [-0.1, -0.05) is 12.1 Å². The standard InChI is InChI=1S/C9H10N2O4S2/c12-9(13)6(5-16)10-17-8-4-2-1-3-7(8)11(14)15/h1-4,6,10,16H,5H2,(H,12,13)/t6-/m1/s1. The predicted octanol–water partition coefficient (Wildman–Crippen LogP) is 1.57. The minimum atomic E-state index is -1.05. The van der Waals surface area contributed by atoms with Crippen molar-refractivity contribution in [2.45, 2.75) is 10.9 Å². The van der Waals surface area contributed by atoms with Crippen molar-refractivity contribution in [1.82, 2.24) is 4.72 Å². The highest BCUT2D eigenvalue weighted by Gasteiger charge is 2.18. The van der Waals surface area contributed by atoms with Crippen LogP contribution in [-0.4, -0.2) is 27.8 Å². The molecule has 1 atom stereocenters. The maximum atomic E-state index is 10.7. The van der Waals surface area contributed by atoms with Gasteiger partial charge in [-0.05, 0) is 18.0 Å². The molecule has 92 valence electrons. The molecule has 0 saturated heterocycles. The van der Waals surface area contributed by atoms with Gasteiger partial charge >= 0.3 is 5.97 Å². The molecular weight excluding hydrogens is 264 g/mol. The van der Waals surface area contributed by atoms with Crippen LogP contribution in [0.25, 0.3) is 0 Å². The first-order chi connectivity index (χ1) is 8.06. The van der Waals surface area contributed by atoms with Crippen LogP contribution in [0.1, 0.15) is 0 Å². The Morgan fingerprint density at radius 3 is 2.76 bits per heavy atom. The summed E-state index contributed by atoms with van der Waals surface area (Å²) in [6, 6.07) is 5.25. The number of carboxylic acid groups (broad SMARTS) is 1. The fourth-order valence-electron chi connectivity index (χ4n) is 0.995. The molecule has 0 fully saturated rings. The Labute approximate surface area is 107 Å². The lowest BCUT2D eigenvalue weighted by Gasteiger charge is -2.10. The van der Waals surface area contributed by atoms with Gasteiger partial charge in [0.1, 0.15) is 10.9 Å². The summed E-state index contributed by atoms with van der Waals surface area (Å²) in [5, 5.41) is 19.5. The highest BCUT2D eigenvalue weighted by atomic mass is 32.2. The molecule has 17 heavy (non-hydrogen) atoms. The van der Waals surface area contributed by atoms with Gasteiger partial charge in [0.15, 0.2) is 0 Å². The number of para-hydroxylation sites is 1. The molecule has 2 N–H and O–H groups in total. The fourth-order valence-corrected chi connectivity index (χ4v) is 2.21. The number of carboxylic acids is 1. The van der Waals surface area contributed by atoms with Crippen molar-refractivity contribution < 1.29 is 14.8 Å². The van der Waals surface area contributed by atoms with E-state index in [0.29, 0.717) is 4.90 Å². The largest absolute Gasteiger partial charge is 0.480 e. The van der Waals surface area contributed by atoms with Crippen molar-refractivity contribution in [3.05, 3.63) is 34.4 Å². The quantitative estimate of drug-likeness (QED) is 0.315. The zero-order valence-corrected chi connectivity index (χ0v) is 10.3. The van der Waals surface area contributed by atoms with Crippen LogP contribution in [0.2, 0.25) is 0 Å². The summed E-state index contributed by atoms with van der Waals surface area (Å²) in [4.78, 5) is 21.3. The van der Waals surface area contributed by atoms with Crippen molar-refractivity contribution >= 4 is 36.2 Å².